The number of carbonyl (C=O) groups is 1. The Labute approximate surface area is 182 Å². The van der Waals surface area contributed by atoms with Crippen LogP contribution in [-0.2, 0) is 11.2 Å². The molecule has 0 aliphatic heterocycles. The lowest BCUT2D eigenvalue weighted by molar-refractivity contribution is -0.136. The van der Waals surface area contributed by atoms with Gasteiger partial charge in [-0.15, -0.1) is 0 Å². The monoisotopic (exact) mass is 413 g/mol. The summed E-state index contributed by atoms with van der Waals surface area (Å²) in [5.41, 5.74) is 3.23. The van der Waals surface area contributed by atoms with Gasteiger partial charge >= 0.3 is 5.97 Å². The van der Waals surface area contributed by atoms with Gasteiger partial charge in [-0.2, -0.15) is 5.26 Å². The summed E-state index contributed by atoms with van der Waals surface area (Å²) in [6.07, 6.45) is 2.64. The Hall–Kier alpha value is -4.04. The average Bonchev–Trinajstić information content (AvgIpc) is 2.82. The van der Waals surface area contributed by atoms with Crippen molar-refractivity contribution in [3.05, 3.63) is 89.5 Å². The number of methoxy groups -OCH3 is 1. The Bertz CT molecular complexity index is 1110. The van der Waals surface area contributed by atoms with E-state index in [0.29, 0.717) is 17.1 Å². The highest BCUT2D eigenvalue weighted by atomic mass is 16.6. The fourth-order valence-electron chi connectivity index (χ4n) is 2.97. The molecule has 5 nitrogen and oxygen atoms in total. The van der Waals surface area contributed by atoms with Crippen LogP contribution in [0.15, 0.2) is 72.8 Å². The molecule has 31 heavy (non-hydrogen) atoms. The van der Waals surface area contributed by atoms with E-state index in [9.17, 15) is 10.1 Å². The molecule has 0 N–H and O–H groups in total. The van der Waals surface area contributed by atoms with Gasteiger partial charge in [0.05, 0.1) is 18.8 Å². The van der Waals surface area contributed by atoms with Crippen molar-refractivity contribution in [1.82, 2.24) is 0 Å². The Kier molecular flexibility index (Phi) is 7.45. The number of allylic oxidation sites excluding steroid dienone is 1. The maximum Gasteiger partial charge on any atom is 0.349 e. The van der Waals surface area contributed by atoms with Crippen LogP contribution in [0.1, 0.15) is 23.6 Å². The molecule has 0 aromatic heterocycles. The van der Waals surface area contributed by atoms with E-state index in [0.717, 1.165) is 23.1 Å². The standard InChI is InChI=1S/C26H23NO4/c1-3-19-8-7-11-23(15-19)30-18-26(28)31-24-13-12-20(16-25(24)29-2)14-22(17-27)21-9-5-4-6-10-21/h4-16H,3,18H2,1-2H3/b22-14-. The zero-order valence-corrected chi connectivity index (χ0v) is 17.5. The van der Waals surface area contributed by atoms with Gasteiger partial charge in [-0.1, -0.05) is 55.5 Å². The first kappa shape index (κ1) is 21.7. The largest absolute Gasteiger partial charge is 0.493 e. The second-order valence-corrected chi connectivity index (χ2v) is 6.71. The molecule has 5 heteroatoms. The normalized spacial score (nSPS) is 10.8. The molecule has 0 atom stereocenters. The van der Waals surface area contributed by atoms with Gasteiger partial charge in [-0.05, 0) is 53.5 Å². The van der Waals surface area contributed by atoms with Crippen molar-refractivity contribution in [2.24, 2.45) is 0 Å². The van der Waals surface area contributed by atoms with Gasteiger partial charge in [0.1, 0.15) is 5.75 Å². The number of esters is 1. The van der Waals surface area contributed by atoms with Crippen LogP contribution in [0.3, 0.4) is 0 Å². The van der Waals surface area contributed by atoms with Crippen LogP contribution in [0.2, 0.25) is 0 Å². The molecule has 3 aromatic carbocycles. The van der Waals surface area contributed by atoms with Crippen molar-refractivity contribution in [2.45, 2.75) is 13.3 Å². The molecular weight excluding hydrogens is 390 g/mol. The van der Waals surface area contributed by atoms with Crippen LogP contribution in [0.5, 0.6) is 17.2 Å². The maximum atomic E-state index is 12.2. The van der Waals surface area contributed by atoms with Crippen molar-refractivity contribution in [2.75, 3.05) is 13.7 Å². The van der Waals surface area contributed by atoms with Crippen LogP contribution in [0.4, 0.5) is 0 Å². The quantitative estimate of drug-likeness (QED) is 0.217. The molecule has 3 rings (SSSR count). The first-order valence-corrected chi connectivity index (χ1v) is 9.90. The summed E-state index contributed by atoms with van der Waals surface area (Å²) in [6.45, 7) is 1.84. The van der Waals surface area contributed by atoms with Gasteiger partial charge in [0, 0.05) is 0 Å². The number of hydrogen-bond acceptors (Lipinski definition) is 5. The van der Waals surface area contributed by atoms with Gasteiger partial charge in [0.25, 0.3) is 0 Å². The predicted octanol–water partition coefficient (Wildman–Crippen LogP) is 5.31. The highest BCUT2D eigenvalue weighted by Crippen LogP contribution is 2.30. The van der Waals surface area contributed by atoms with Crippen molar-refractivity contribution < 1.29 is 19.0 Å². The van der Waals surface area contributed by atoms with Crippen LogP contribution in [0, 0.1) is 11.3 Å². The van der Waals surface area contributed by atoms with E-state index in [1.54, 1.807) is 30.3 Å². The number of nitriles is 1. The summed E-state index contributed by atoms with van der Waals surface area (Å²) in [4.78, 5) is 12.2. The molecule has 0 fully saturated rings. The number of aryl methyl sites for hydroxylation is 1. The fraction of sp³-hybridized carbons (Fsp3) is 0.154. The molecule has 0 saturated heterocycles. The summed E-state index contributed by atoms with van der Waals surface area (Å²) < 4.78 is 16.3. The van der Waals surface area contributed by atoms with Gasteiger partial charge < -0.3 is 14.2 Å². The molecule has 0 aliphatic carbocycles. The summed E-state index contributed by atoms with van der Waals surface area (Å²) >= 11 is 0. The summed E-state index contributed by atoms with van der Waals surface area (Å²) in [6, 6.07) is 24.3. The lowest BCUT2D eigenvalue weighted by Crippen LogP contribution is -2.18. The zero-order valence-electron chi connectivity index (χ0n) is 17.5. The van der Waals surface area contributed by atoms with E-state index < -0.39 is 5.97 Å². The van der Waals surface area contributed by atoms with E-state index >= 15 is 0 Å². The minimum atomic E-state index is -0.537. The molecule has 3 aromatic rings. The predicted molar refractivity (Wildman–Crippen MR) is 120 cm³/mol. The number of carbonyl (C=O) groups excluding carboxylic acids is 1. The van der Waals surface area contributed by atoms with Crippen LogP contribution in [0.25, 0.3) is 11.6 Å². The summed E-state index contributed by atoms with van der Waals surface area (Å²) in [5, 5.41) is 9.49. The highest BCUT2D eigenvalue weighted by Gasteiger charge is 2.12. The van der Waals surface area contributed by atoms with E-state index in [-0.39, 0.29) is 12.4 Å². The van der Waals surface area contributed by atoms with Gasteiger partial charge in [-0.3, -0.25) is 0 Å². The molecule has 0 amide bonds. The molecule has 0 spiro atoms. The van der Waals surface area contributed by atoms with Crippen LogP contribution >= 0.6 is 0 Å². The second-order valence-electron chi connectivity index (χ2n) is 6.71. The molecule has 0 unspecified atom stereocenters. The van der Waals surface area contributed by atoms with Crippen molar-refractivity contribution in [3.8, 4) is 23.3 Å². The third-order valence-electron chi connectivity index (χ3n) is 4.59. The fourth-order valence-corrected chi connectivity index (χ4v) is 2.97. The summed E-state index contributed by atoms with van der Waals surface area (Å²) in [5.74, 6) is 0.758. The molecule has 0 radical (unpaired) electrons. The first-order valence-electron chi connectivity index (χ1n) is 9.90. The minimum absolute atomic E-state index is 0.218. The smallest absolute Gasteiger partial charge is 0.349 e. The first-order chi connectivity index (χ1) is 15.1. The Morgan fingerprint density at radius 2 is 1.81 bits per heavy atom. The summed E-state index contributed by atoms with van der Waals surface area (Å²) in [7, 11) is 1.50. The number of benzene rings is 3. The molecule has 0 aliphatic rings. The van der Waals surface area contributed by atoms with E-state index in [1.807, 2.05) is 48.5 Å². The number of ether oxygens (including phenoxy) is 3. The lowest BCUT2D eigenvalue weighted by atomic mass is 10.0. The molecular formula is C26H23NO4. The number of rotatable bonds is 8. The lowest BCUT2D eigenvalue weighted by Gasteiger charge is -2.11. The second kappa shape index (κ2) is 10.7. The topological polar surface area (TPSA) is 68.5 Å². The third-order valence-corrected chi connectivity index (χ3v) is 4.59. The molecule has 156 valence electrons. The minimum Gasteiger partial charge on any atom is -0.493 e. The van der Waals surface area contributed by atoms with E-state index in [4.69, 9.17) is 14.2 Å². The zero-order chi connectivity index (χ0) is 22.1. The van der Waals surface area contributed by atoms with Crippen molar-refractivity contribution >= 4 is 17.6 Å². The van der Waals surface area contributed by atoms with E-state index in [1.165, 1.54) is 7.11 Å². The maximum absolute atomic E-state index is 12.2. The molecule has 0 saturated carbocycles. The Morgan fingerprint density at radius 3 is 2.52 bits per heavy atom. The van der Waals surface area contributed by atoms with Gasteiger partial charge in [0.2, 0.25) is 0 Å². The van der Waals surface area contributed by atoms with Gasteiger partial charge in [-0.25, -0.2) is 4.79 Å². The van der Waals surface area contributed by atoms with Crippen LogP contribution < -0.4 is 14.2 Å². The number of hydrogen-bond donors (Lipinski definition) is 0. The van der Waals surface area contributed by atoms with Crippen molar-refractivity contribution in [1.29, 1.82) is 5.26 Å². The van der Waals surface area contributed by atoms with Crippen LogP contribution in [-0.4, -0.2) is 19.7 Å². The molecule has 0 bridgehead atoms. The molecule has 0 heterocycles. The Balaban J connectivity index is 1.70. The average molecular weight is 413 g/mol. The number of nitrogens with zero attached hydrogens (tertiary/aromatic N) is 1. The Morgan fingerprint density at radius 1 is 1.00 bits per heavy atom. The van der Waals surface area contributed by atoms with E-state index in [2.05, 4.69) is 13.0 Å². The van der Waals surface area contributed by atoms with Gasteiger partial charge in [0.15, 0.2) is 18.1 Å². The van der Waals surface area contributed by atoms with Crippen molar-refractivity contribution in [3.63, 3.8) is 0 Å². The SMILES string of the molecule is CCc1cccc(OCC(=O)Oc2ccc(/C=C(/C#N)c3ccccc3)cc2OC)c1. The third kappa shape index (κ3) is 5.97. The highest BCUT2D eigenvalue weighted by molar-refractivity contribution is 5.89.